The molecule has 0 aliphatic rings. The van der Waals surface area contributed by atoms with Gasteiger partial charge in [-0.1, -0.05) is 27.7 Å². The Balaban J connectivity index is 3.69. The van der Waals surface area contributed by atoms with Gasteiger partial charge in [0, 0.05) is 5.92 Å². The third kappa shape index (κ3) is 6.31. The highest BCUT2D eigenvalue weighted by molar-refractivity contribution is 5.97. The van der Waals surface area contributed by atoms with Crippen LogP contribution >= 0.6 is 0 Å². The summed E-state index contributed by atoms with van der Waals surface area (Å²) in [5.74, 6) is 0.540. The lowest BCUT2D eigenvalue weighted by molar-refractivity contribution is -0.120. The maximum absolute atomic E-state index is 11.2. The van der Waals surface area contributed by atoms with Crippen LogP contribution in [0.2, 0.25) is 0 Å². The highest BCUT2D eigenvalue weighted by Crippen LogP contribution is 2.01. The molecule has 0 fully saturated rings. The van der Waals surface area contributed by atoms with Crippen molar-refractivity contribution in [3.8, 4) is 0 Å². The van der Waals surface area contributed by atoms with E-state index in [1.165, 1.54) is 0 Å². The van der Waals surface area contributed by atoms with Crippen molar-refractivity contribution >= 4 is 11.7 Å². The van der Waals surface area contributed by atoms with Gasteiger partial charge in [-0.2, -0.15) is 0 Å². The number of rotatable bonds is 5. The Labute approximate surface area is 80.0 Å². The van der Waals surface area contributed by atoms with Crippen molar-refractivity contribution in [1.82, 2.24) is 0 Å². The quantitative estimate of drug-likeness (QED) is 0.527. The second kappa shape index (κ2) is 5.73. The number of nitrogens with one attached hydrogen (secondary N) is 1. The van der Waals surface area contributed by atoms with E-state index in [4.69, 9.17) is 10.1 Å². The second-order valence-electron chi connectivity index (χ2n) is 3.93. The maximum atomic E-state index is 11.2. The third-order valence-electron chi connectivity index (χ3n) is 1.57. The Kier molecular flexibility index (Phi) is 5.35. The van der Waals surface area contributed by atoms with E-state index in [1.54, 1.807) is 0 Å². The summed E-state index contributed by atoms with van der Waals surface area (Å²) < 4.78 is 5.09. The second-order valence-corrected chi connectivity index (χ2v) is 3.93. The minimum atomic E-state index is -0.0111. The summed E-state index contributed by atoms with van der Waals surface area (Å²) in [6, 6.07) is 0. The Morgan fingerprint density at radius 2 is 1.85 bits per heavy atom. The molecule has 0 unspecified atom stereocenters. The molecule has 3 heteroatoms. The monoisotopic (exact) mass is 185 g/mol. The van der Waals surface area contributed by atoms with E-state index in [9.17, 15) is 4.79 Å². The van der Waals surface area contributed by atoms with Crippen LogP contribution in [0.25, 0.3) is 0 Å². The predicted octanol–water partition coefficient (Wildman–Crippen LogP) is 2.25. The van der Waals surface area contributed by atoms with Crippen LogP contribution in [0.5, 0.6) is 0 Å². The average Bonchev–Trinajstić information content (AvgIpc) is 2.00. The first-order chi connectivity index (χ1) is 5.93. The summed E-state index contributed by atoms with van der Waals surface area (Å²) in [6.45, 7) is 8.20. The van der Waals surface area contributed by atoms with Crippen LogP contribution in [0, 0.1) is 17.2 Å². The van der Waals surface area contributed by atoms with Gasteiger partial charge < -0.3 is 4.74 Å². The first kappa shape index (κ1) is 12.1. The zero-order valence-electron chi connectivity index (χ0n) is 8.89. The molecule has 0 atom stereocenters. The molecule has 76 valence electrons. The van der Waals surface area contributed by atoms with Crippen molar-refractivity contribution in [3.05, 3.63) is 0 Å². The van der Waals surface area contributed by atoms with Crippen LogP contribution in [0.15, 0.2) is 0 Å². The third-order valence-corrected chi connectivity index (χ3v) is 1.57. The number of hydrogen-bond donors (Lipinski definition) is 1. The van der Waals surface area contributed by atoms with Gasteiger partial charge in [0.2, 0.25) is 0 Å². The summed E-state index contributed by atoms with van der Waals surface area (Å²) in [5, 5.41) is 7.36. The molecule has 0 spiro atoms. The SMILES string of the molecule is CC(C)COC(=N)CC(=O)C(C)C. The zero-order valence-corrected chi connectivity index (χ0v) is 8.89. The predicted molar refractivity (Wildman–Crippen MR) is 53.0 cm³/mol. The molecule has 0 rings (SSSR count). The van der Waals surface area contributed by atoms with Crippen LogP contribution in [-0.4, -0.2) is 18.3 Å². The lowest BCUT2D eigenvalue weighted by Crippen LogP contribution is -2.16. The van der Waals surface area contributed by atoms with Gasteiger partial charge in [-0.3, -0.25) is 10.2 Å². The minimum absolute atomic E-state index is 0.0111. The zero-order chi connectivity index (χ0) is 10.4. The average molecular weight is 185 g/mol. The van der Waals surface area contributed by atoms with Crippen molar-refractivity contribution in [2.24, 2.45) is 11.8 Å². The van der Waals surface area contributed by atoms with Crippen molar-refractivity contribution in [2.75, 3.05) is 6.61 Å². The van der Waals surface area contributed by atoms with Crippen LogP contribution in [-0.2, 0) is 9.53 Å². The highest BCUT2D eigenvalue weighted by Gasteiger charge is 2.11. The first-order valence-corrected chi connectivity index (χ1v) is 4.66. The summed E-state index contributed by atoms with van der Waals surface area (Å²) in [6.07, 6.45) is 0.129. The molecule has 0 aliphatic heterocycles. The van der Waals surface area contributed by atoms with Gasteiger partial charge in [-0.15, -0.1) is 0 Å². The Bertz CT molecular complexity index is 185. The summed E-state index contributed by atoms with van der Waals surface area (Å²) in [5.41, 5.74) is 0. The molecule has 0 saturated heterocycles. The topological polar surface area (TPSA) is 50.1 Å². The Morgan fingerprint density at radius 3 is 2.23 bits per heavy atom. The van der Waals surface area contributed by atoms with Crippen molar-refractivity contribution in [2.45, 2.75) is 34.1 Å². The molecule has 1 N–H and O–H groups in total. The Hall–Kier alpha value is -0.860. The molecule has 0 saturated carbocycles. The Morgan fingerprint density at radius 1 is 1.31 bits per heavy atom. The normalized spacial score (nSPS) is 10.6. The van der Waals surface area contributed by atoms with Crippen LogP contribution in [0.3, 0.4) is 0 Å². The van der Waals surface area contributed by atoms with E-state index >= 15 is 0 Å². The number of carbonyl (C=O) groups is 1. The van der Waals surface area contributed by atoms with E-state index in [1.807, 2.05) is 27.7 Å². The number of ether oxygens (including phenoxy) is 1. The standard InChI is InChI=1S/C10H19NO2/c1-7(2)6-13-10(11)5-9(12)8(3)4/h7-8,11H,5-6H2,1-4H3. The van der Waals surface area contributed by atoms with Crippen molar-refractivity contribution in [1.29, 1.82) is 5.41 Å². The minimum Gasteiger partial charge on any atom is -0.481 e. The van der Waals surface area contributed by atoms with E-state index in [-0.39, 0.29) is 24.0 Å². The maximum Gasteiger partial charge on any atom is 0.187 e. The van der Waals surface area contributed by atoms with Gasteiger partial charge in [0.25, 0.3) is 0 Å². The van der Waals surface area contributed by atoms with E-state index in [0.29, 0.717) is 12.5 Å². The summed E-state index contributed by atoms with van der Waals surface area (Å²) in [4.78, 5) is 11.2. The number of Topliss-reactive ketones (excluding diaryl/α,β-unsaturated/α-hetero) is 1. The number of hydrogen-bond acceptors (Lipinski definition) is 3. The van der Waals surface area contributed by atoms with Gasteiger partial charge in [0.05, 0.1) is 13.0 Å². The molecule has 13 heavy (non-hydrogen) atoms. The van der Waals surface area contributed by atoms with Gasteiger partial charge >= 0.3 is 0 Å². The molecule has 0 heterocycles. The van der Waals surface area contributed by atoms with E-state index in [0.717, 1.165) is 0 Å². The van der Waals surface area contributed by atoms with Gasteiger partial charge in [-0.05, 0) is 5.92 Å². The molecular formula is C10H19NO2. The van der Waals surface area contributed by atoms with Crippen LogP contribution in [0.4, 0.5) is 0 Å². The molecule has 0 radical (unpaired) electrons. The summed E-state index contributed by atoms with van der Waals surface area (Å²) in [7, 11) is 0. The molecule has 0 aliphatic carbocycles. The van der Waals surface area contributed by atoms with Crippen LogP contribution < -0.4 is 0 Å². The molecule has 0 amide bonds. The van der Waals surface area contributed by atoms with Gasteiger partial charge in [0.1, 0.15) is 5.78 Å². The van der Waals surface area contributed by atoms with Gasteiger partial charge in [-0.25, -0.2) is 0 Å². The summed E-state index contributed by atoms with van der Waals surface area (Å²) >= 11 is 0. The molecule has 0 aromatic carbocycles. The first-order valence-electron chi connectivity index (χ1n) is 4.66. The van der Waals surface area contributed by atoms with Gasteiger partial charge in [0.15, 0.2) is 5.90 Å². The highest BCUT2D eigenvalue weighted by atomic mass is 16.5. The molecule has 3 nitrogen and oxygen atoms in total. The lowest BCUT2D eigenvalue weighted by Gasteiger charge is -2.09. The molecule has 0 aromatic heterocycles. The molecule has 0 bridgehead atoms. The number of ketones is 1. The fraction of sp³-hybridized carbons (Fsp3) is 0.800. The molecular weight excluding hydrogens is 166 g/mol. The largest absolute Gasteiger partial charge is 0.481 e. The smallest absolute Gasteiger partial charge is 0.187 e. The fourth-order valence-electron chi connectivity index (χ4n) is 0.681. The lowest BCUT2D eigenvalue weighted by atomic mass is 10.1. The van der Waals surface area contributed by atoms with E-state index in [2.05, 4.69) is 0 Å². The molecule has 0 aromatic rings. The van der Waals surface area contributed by atoms with E-state index < -0.39 is 0 Å². The fourth-order valence-corrected chi connectivity index (χ4v) is 0.681. The van der Waals surface area contributed by atoms with Crippen molar-refractivity contribution < 1.29 is 9.53 Å². The van der Waals surface area contributed by atoms with Crippen LogP contribution in [0.1, 0.15) is 34.1 Å². The van der Waals surface area contributed by atoms with Crippen molar-refractivity contribution in [3.63, 3.8) is 0 Å². The number of carbonyl (C=O) groups excluding carboxylic acids is 1.